The predicted molar refractivity (Wildman–Crippen MR) is 64.5 cm³/mol. The summed E-state index contributed by atoms with van der Waals surface area (Å²) in [6.45, 7) is 4.46. The zero-order chi connectivity index (χ0) is 10.2. The van der Waals surface area contributed by atoms with Crippen molar-refractivity contribution in [3.63, 3.8) is 0 Å². The number of hydrogen-bond donors (Lipinski definition) is 0. The van der Waals surface area contributed by atoms with Gasteiger partial charge in [0.05, 0.1) is 0 Å². The van der Waals surface area contributed by atoms with E-state index in [1.165, 1.54) is 57.8 Å². The molecule has 0 N–H and O–H groups in total. The first kappa shape index (κ1) is 11.8. The molecule has 0 amide bonds. The lowest BCUT2D eigenvalue weighted by Crippen LogP contribution is -1.81. The first-order chi connectivity index (χ1) is 6.88. The van der Waals surface area contributed by atoms with Crippen LogP contribution in [0.4, 0.5) is 0 Å². The van der Waals surface area contributed by atoms with Crippen LogP contribution in [0.5, 0.6) is 0 Å². The molecular weight excluding hydrogens is 168 g/mol. The summed E-state index contributed by atoms with van der Waals surface area (Å²) in [6.07, 6.45) is 15.3. The summed E-state index contributed by atoms with van der Waals surface area (Å²) >= 11 is 0. The van der Waals surface area contributed by atoms with Crippen LogP contribution in [0.3, 0.4) is 0 Å². The molecule has 82 valence electrons. The molecule has 0 spiro atoms. The van der Waals surface area contributed by atoms with Crippen molar-refractivity contribution in [1.82, 2.24) is 0 Å². The van der Waals surface area contributed by atoms with Gasteiger partial charge in [-0.1, -0.05) is 63.5 Å². The molecule has 0 heteroatoms. The second-order valence-electron chi connectivity index (χ2n) is 4.67. The third-order valence-corrected chi connectivity index (χ3v) is 3.37. The van der Waals surface area contributed by atoms with E-state index in [0.29, 0.717) is 0 Å². The Hall–Kier alpha value is -0.260. The maximum absolute atomic E-state index is 2.31. The van der Waals surface area contributed by atoms with Gasteiger partial charge in [-0.15, -0.1) is 0 Å². The number of unbranched alkanes of at least 4 members (excludes halogenated alkanes) is 6. The quantitative estimate of drug-likeness (QED) is 0.373. The van der Waals surface area contributed by atoms with Crippen LogP contribution in [0.2, 0.25) is 0 Å². The molecule has 0 aromatic rings. The molecule has 0 radical (unpaired) electrons. The third-order valence-electron chi connectivity index (χ3n) is 3.37. The predicted octanol–water partition coefficient (Wildman–Crippen LogP) is 5.09. The van der Waals surface area contributed by atoms with Gasteiger partial charge in [0.25, 0.3) is 0 Å². The fourth-order valence-electron chi connectivity index (χ4n) is 2.21. The van der Waals surface area contributed by atoms with E-state index in [1.807, 2.05) is 0 Å². The first-order valence-electron chi connectivity index (χ1n) is 6.53. The molecule has 0 aliphatic heterocycles. The summed E-state index contributed by atoms with van der Waals surface area (Å²) in [5.74, 6) is 0.996. The average molecular weight is 194 g/mol. The lowest BCUT2D eigenvalue weighted by atomic mass is 10.1. The van der Waals surface area contributed by atoms with E-state index in [-0.39, 0.29) is 0 Å². The van der Waals surface area contributed by atoms with Crippen molar-refractivity contribution in [1.29, 1.82) is 0 Å². The summed E-state index contributed by atoms with van der Waals surface area (Å²) in [4.78, 5) is 0. The molecule has 1 aliphatic carbocycles. The molecule has 0 aromatic carbocycles. The number of rotatable bonds is 8. The zero-order valence-corrected chi connectivity index (χ0v) is 10.0. The lowest BCUT2D eigenvalue weighted by molar-refractivity contribution is 0.563. The second-order valence-corrected chi connectivity index (χ2v) is 4.67. The van der Waals surface area contributed by atoms with Gasteiger partial charge < -0.3 is 0 Å². The zero-order valence-electron chi connectivity index (χ0n) is 10.0. The van der Waals surface area contributed by atoms with Crippen molar-refractivity contribution in [2.24, 2.45) is 5.92 Å². The van der Waals surface area contributed by atoms with Crippen molar-refractivity contribution in [2.75, 3.05) is 0 Å². The Labute approximate surface area is 89.8 Å². The lowest BCUT2D eigenvalue weighted by Gasteiger charge is -1.99. The molecule has 0 bridgehead atoms. The maximum atomic E-state index is 2.31. The topological polar surface area (TPSA) is 0 Å². The van der Waals surface area contributed by atoms with E-state index in [9.17, 15) is 0 Å². The minimum atomic E-state index is 0.996. The molecule has 0 aromatic heterocycles. The minimum Gasteiger partial charge on any atom is -0.0881 e. The SMILES string of the molecule is CC=C1CC1CCCCCCCCC. The van der Waals surface area contributed by atoms with Crippen molar-refractivity contribution in [3.8, 4) is 0 Å². The maximum Gasteiger partial charge on any atom is -0.0166 e. The van der Waals surface area contributed by atoms with Crippen LogP contribution >= 0.6 is 0 Å². The normalized spacial score (nSPS) is 23.0. The van der Waals surface area contributed by atoms with Crippen LogP contribution in [-0.4, -0.2) is 0 Å². The molecular formula is C14H26. The van der Waals surface area contributed by atoms with Gasteiger partial charge in [-0.05, 0) is 25.7 Å². The number of allylic oxidation sites excluding steroid dienone is 2. The molecule has 1 unspecified atom stereocenters. The van der Waals surface area contributed by atoms with Crippen LogP contribution in [0.15, 0.2) is 11.6 Å². The van der Waals surface area contributed by atoms with Gasteiger partial charge in [-0.25, -0.2) is 0 Å². The molecule has 0 nitrogen and oxygen atoms in total. The second kappa shape index (κ2) is 7.09. The van der Waals surface area contributed by atoms with E-state index in [2.05, 4.69) is 19.9 Å². The Kier molecular flexibility index (Phi) is 5.98. The molecule has 1 atom stereocenters. The Balaban J connectivity index is 1.77. The minimum absolute atomic E-state index is 0.996. The van der Waals surface area contributed by atoms with Crippen molar-refractivity contribution in [2.45, 2.75) is 71.6 Å². The molecule has 0 heterocycles. The van der Waals surface area contributed by atoms with E-state index >= 15 is 0 Å². The number of hydrogen-bond acceptors (Lipinski definition) is 0. The standard InChI is InChI=1S/C14H26/c1-3-5-6-7-8-9-10-11-14-12-13(14)4-2/h4,14H,3,5-12H2,1-2H3. The van der Waals surface area contributed by atoms with Crippen LogP contribution in [-0.2, 0) is 0 Å². The van der Waals surface area contributed by atoms with Gasteiger partial charge >= 0.3 is 0 Å². The smallest absolute Gasteiger partial charge is 0.0166 e. The highest BCUT2D eigenvalue weighted by Crippen LogP contribution is 2.41. The highest BCUT2D eigenvalue weighted by molar-refractivity contribution is 5.21. The monoisotopic (exact) mass is 194 g/mol. The summed E-state index contributed by atoms with van der Waals surface area (Å²) < 4.78 is 0. The van der Waals surface area contributed by atoms with Gasteiger partial charge in [0.1, 0.15) is 0 Å². The highest BCUT2D eigenvalue weighted by atomic mass is 14.3. The van der Waals surface area contributed by atoms with Crippen molar-refractivity contribution >= 4 is 0 Å². The molecule has 1 rings (SSSR count). The summed E-state index contributed by atoms with van der Waals surface area (Å²) in [7, 11) is 0. The third kappa shape index (κ3) is 4.83. The van der Waals surface area contributed by atoms with E-state index in [4.69, 9.17) is 0 Å². The van der Waals surface area contributed by atoms with Crippen molar-refractivity contribution in [3.05, 3.63) is 11.6 Å². The fourth-order valence-corrected chi connectivity index (χ4v) is 2.21. The molecule has 14 heavy (non-hydrogen) atoms. The molecule has 1 saturated carbocycles. The summed E-state index contributed by atoms with van der Waals surface area (Å²) in [6, 6.07) is 0. The Morgan fingerprint density at radius 1 is 1.07 bits per heavy atom. The Bertz CT molecular complexity index is 167. The van der Waals surface area contributed by atoms with Gasteiger partial charge in [0.2, 0.25) is 0 Å². The highest BCUT2D eigenvalue weighted by Gasteiger charge is 2.27. The van der Waals surface area contributed by atoms with Crippen LogP contribution in [0.25, 0.3) is 0 Å². The van der Waals surface area contributed by atoms with Crippen molar-refractivity contribution < 1.29 is 0 Å². The Morgan fingerprint density at radius 3 is 2.29 bits per heavy atom. The molecule has 0 saturated heterocycles. The summed E-state index contributed by atoms with van der Waals surface area (Å²) in [5, 5.41) is 0. The van der Waals surface area contributed by atoms with Gasteiger partial charge in [0, 0.05) is 0 Å². The van der Waals surface area contributed by atoms with Crippen LogP contribution < -0.4 is 0 Å². The average Bonchev–Trinajstić information content (AvgIpc) is 2.95. The van der Waals surface area contributed by atoms with E-state index in [1.54, 1.807) is 5.57 Å². The van der Waals surface area contributed by atoms with Gasteiger partial charge in [-0.3, -0.25) is 0 Å². The molecule has 1 aliphatic rings. The Morgan fingerprint density at radius 2 is 1.71 bits per heavy atom. The largest absolute Gasteiger partial charge is 0.0881 e. The van der Waals surface area contributed by atoms with Crippen LogP contribution in [0.1, 0.15) is 71.6 Å². The van der Waals surface area contributed by atoms with Crippen LogP contribution in [0, 0.1) is 5.92 Å². The van der Waals surface area contributed by atoms with E-state index in [0.717, 1.165) is 5.92 Å². The fraction of sp³-hybridized carbons (Fsp3) is 0.857. The first-order valence-corrected chi connectivity index (χ1v) is 6.53. The van der Waals surface area contributed by atoms with E-state index < -0.39 is 0 Å². The van der Waals surface area contributed by atoms with Gasteiger partial charge in [0.15, 0.2) is 0 Å². The summed E-state index contributed by atoms with van der Waals surface area (Å²) in [5.41, 5.74) is 1.72. The molecule has 1 fully saturated rings. The van der Waals surface area contributed by atoms with Gasteiger partial charge in [-0.2, -0.15) is 0 Å².